The van der Waals surface area contributed by atoms with Gasteiger partial charge in [-0.25, -0.2) is 0 Å². The minimum absolute atomic E-state index is 0.130. The first-order valence-electron chi connectivity index (χ1n) is 6.94. The van der Waals surface area contributed by atoms with Crippen LogP contribution in [0.4, 0.5) is 0 Å². The molecule has 0 saturated heterocycles. The number of ether oxygens (including phenoxy) is 1. The summed E-state index contributed by atoms with van der Waals surface area (Å²) in [6.45, 7) is 4.18. The molecule has 2 rings (SSSR count). The lowest BCUT2D eigenvalue weighted by Crippen LogP contribution is -2.10. The van der Waals surface area contributed by atoms with E-state index in [1.165, 1.54) is 0 Å². The minimum Gasteiger partial charge on any atom is -0.466 e. The van der Waals surface area contributed by atoms with Gasteiger partial charge in [-0.1, -0.05) is 18.5 Å². The largest absolute Gasteiger partial charge is 0.466 e. The van der Waals surface area contributed by atoms with Crippen LogP contribution in [0.3, 0.4) is 0 Å². The fraction of sp³-hybridized carbons (Fsp3) is 0.400. The normalized spacial score (nSPS) is 12.1. The van der Waals surface area contributed by atoms with E-state index in [4.69, 9.17) is 20.8 Å². The van der Waals surface area contributed by atoms with Gasteiger partial charge in [0.25, 0.3) is 0 Å². The summed E-state index contributed by atoms with van der Waals surface area (Å²) in [6.07, 6.45) is 0.372. The molecule has 0 aliphatic rings. The predicted molar refractivity (Wildman–Crippen MR) is 86.8 cm³/mol. The van der Waals surface area contributed by atoms with Crippen molar-refractivity contribution in [3.05, 3.63) is 35.2 Å². The summed E-state index contributed by atoms with van der Waals surface area (Å²) in [4.78, 5) is 11.4. The van der Waals surface area contributed by atoms with Gasteiger partial charge in [-0.3, -0.25) is 4.79 Å². The van der Waals surface area contributed by atoms with Crippen molar-refractivity contribution in [2.75, 3.05) is 6.61 Å². The zero-order valence-electron chi connectivity index (χ0n) is 12.4. The summed E-state index contributed by atoms with van der Waals surface area (Å²) < 4.78 is 10.5. The molecule has 22 heavy (non-hydrogen) atoms. The number of aromatic nitrogens is 2. The lowest BCUT2D eigenvalue weighted by Gasteiger charge is -2.08. The maximum absolute atomic E-state index is 11.4. The maximum atomic E-state index is 11.4. The van der Waals surface area contributed by atoms with E-state index in [0.29, 0.717) is 35.6 Å². The molecule has 1 heterocycles. The third kappa shape index (κ3) is 5.03. The summed E-state index contributed by atoms with van der Waals surface area (Å²) in [5.41, 5.74) is 0.827. The van der Waals surface area contributed by atoms with Gasteiger partial charge in [0.2, 0.25) is 11.8 Å². The highest BCUT2D eigenvalue weighted by Crippen LogP contribution is 2.24. The molecule has 0 bridgehead atoms. The molecule has 0 N–H and O–H groups in total. The van der Waals surface area contributed by atoms with Gasteiger partial charge >= 0.3 is 5.97 Å². The van der Waals surface area contributed by atoms with E-state index in [-0.39, 0.29) is 11.2 Å². The van der Waals surface area contributed by atoms with Gasteiger partial charge in [-0.2, -0.15) is 0 Å². The number of nitrogens with zero attached hydrogens (tertiary/aromatic N) is 2. The second-order valence-electron chi connectivity index (χ2n) is 4.64. The van der Waals surface area contributed by atoms with Gasteiger partial charge in [-0.15, -0.1) is 22.0 Å². The van der Waals surface area contributed by atoms with E-state index in [1.54, 1.807) is 30.8 Å². The summed E-state index contributed by atoms with van der Waals surface area (Å²) in [7, 11) is 0. The summed E-state index contributed by atoms with van der Waals surface area (Å²) >= 11 is 7.42. The summed E-state index contributed by atoms with van der Waals surface area (Å²) in [5, 5.41) is 8.82. The Balaban J connectivity index is 1.87. The van der Waals surface area contributed by atoms with Crippen molar-refractivity contribution in [3.8, 4) is 11.5 Å². The molecule has 1 aromatic carbocycles. The highest BCUT2D eigenvalue weighted by molar-refractivity contribution is 7.99. The Labute approximate surface area is 138 Å². The highest BCUT2D eigenvalue weighted by Gasteiger charge is 2.13. The molecule has 5 nitrogen and oxygen atoms in total. The van der Waals surface area contributed by atoms with Gasteiger partial charge in [0, 0.05) is 15.8 Å². The topological polar surface area (TPSA) is 65.2 Å². The van der Waals surface area contributed by atoms with Crippen LogP contribution in [0, 0.1) is 0 Å². The van der Waals surface area contributed by atoms with Crippen molar-refractivity contribution < 1.29 is 13.9 Å². The van der Waals surface area contributed by atoms with Crippen molar-refractivity contribution in [2.24, 2.45) is 0 Å². The van der Waals surface area contributed by atoms with Crippen molar-refractivity contribution in [1.82, 2.24) is 10.2 Å². The van der Waals surface area contributed by atoms with Gasteiger partial charge in [0.05, 0.1) is 18.8 Å². The number of halogens is 1. The van der Waals surface area contributed by atoms with Crippen LogP contribution in [0.15, 0.2) is 28.7 Å². The average molecular weight is 341 g/mol. The number of thioether (sulfide) groups is 1. The third-order valence-corrected chi connectivity index (χ3v) is 4.21. The molecule has 0 spiro atoms. The van der Waals surface area contributed by atoms with Crippen LogP contribution in [-0.4, -0.2) is 28.0 Å². The second kappa shape index (κ2) is 8.19. The molecule has 118 valence electrons. The smallest absolute Gasteiger partial charge is 0.306 e. The molecule has 0 amide bonds. The lowest BCUT2D eigenvalue weighted by molar-refractivity contribution is -0.142. The fourth-order valence-electron chi connectivity index (χ4n) is 1.75. The molecule has 0 fully saturated rings. The van der Waals surface area contributed by atoms with Crippen LogP contribution >= 0.6 is 23.4 Å². The molecular formula is C15H17ClN2O3S. The molecule has 1 aromatic heterocycles. The Morgan fingerprint density at radius 2 is 2.09 bits per heavy atom. The number of carbonyl (C=O) groups excluding carboxylic acids is 1. The quantitative estimate of drug-likeness (QED) is 0.711. The van der Waals surface area contributed by atoms with Crippen molar-refractivity contribution in [3.63, 3.8) is 0 Å². The SMILES string of the molecule is CCOC(=O)CC(C)SCc1nnc(-c2ccc(Cl)cc2)o1. The Hall–Kier alpha value is -1.53. The van der Waals surface area contributed by atoms with Crippen LogP contribution in [0.2, 0.25) is 5.02 Å². The maximum Gasteiger partial charge on any atom is 0.306 e. The third-order valence-electron chi connectivity index (χ3n) is 2.81. The molecule has 2 aromatic rings. The average Bonchev–Trinajstić information content (AvgIpc) is 2.95. The number of rotatable bonds is 7. The van der Waals surface area contributed by atoms with E-state index in [0.717, 1.165) is 5.56 Å². The monoisotopic (exact) mass is 340 g/mol. The Morgan fingerprint density at radius 3 is 2.77 bits per heavy atom. The molecule has 7 heteroatoms. The van der Waals surface area contributed by atoms with Gasteiger partial charge in [0.1, 0.15) is 0 Å². The molecular weight excluding hydrogens is 324 g/mol. The molecule has 1 unspecified atom stereocenters. The number of hydrogen-bond donors (Lipinski definition) is 0. The van der Waals surface area contributed by atoms with E-state index < -0.39 is 0 Å². The number of hydrogen-bond acceptors (Lipinski definition) is 6. The second-order valence-corrected chi connectivity index (χ2v) is 6.50. The fourth-order valence-corrected chi connectivity index (χ4v) is 2.67. The zero-order valence-corrected chi connectivity index (χ0v) is 14.0. The highest BCUT2D eigenvalue weighted by atomic mass is 35.5. The Bertz CT molecular complexity index is 616. The van der Waals surface area contributed by atoms with Crippen molar-refractivity contribution >= 4 is 29.3 Å². The van der Waals surface area contributed by atoms with Gasteiger partial charge < -0.3 is 9.15 Å². The molecule has 0 aliphatic heterocycles. The Morgan fingerprint density at radius 1 is 1.36 bits per heavy atom. The first-order chi connectivity index (χ1) is 10.6. The summed E-state index contributed by atoms with van der Waals surface area (Å²) in [6, 6.07) is 7.21. The van der Waals surface area contributed by atoms with Gasteiger partial charge in [-0.05, 0) is 31.2 Å². The molecule has 1 atom stereocenters. The standard InChI is InChI=1S/C15H17ClN2O3S/c1-3-20-14(19)8-10(2)22-9-13-17-18-15(21-13)11-4-6-12(16)7-5-11/h4-7,10H,3,8-9H2,1-2H3. The number of benzene rings is 1. The van der Waals surface area contributed by atoms with Crippen LogP contribution in [-0.2, 0) is 15.3 Å². The van der Waals surface area contributed by atoms with E-state index in [1.807, 2.05) is 19.1 Å². The van der Waals surface area contributed by atoms with Crippen molar-refractivity contribution in [2.45, 2.75) is 31.3 Å². The van der Waals surface area contributed by atoms with Crippen LogP contribution < -0.4 is 0 Å². The Kier molecular flexibility index (Phi) is 6.27. The van der Waals surface area contributed by atoms with E-state index in [2.05, 4.69) is 10.2 Å². The lowest BCUT2D eigenvalue weighted by atomic mass is 10.2. The first-order valence-corrected chi connectivity index (χ1v) is 8.36. The van der Waals surface area contributed by atoms with E-state index >= 15 is 0 Å². The van der Waals surface area contributed by atoms with Crippen LogP contribution in [0.25, 0.3) is 11.5 Å². The zero-order chi connectivity index (χ0) is 15.9. The predicted octanol–water partition coefficient (Wildman–Crippen LogP) is 3.96. The summed E-state index contributed by atoms with van der Waals surface area (Å²) in [5.74, 6) is 1.37. The molecule has 0 aliphatic carbocycles. The van der Waals surface area contributed by atoms with Crippen molar-refractivity contribution in [1.29, 1.82) is 0 Å². The number of esters is 1. The van der Waals surface area contributed by atoms with Crippen LogP contribution in [0.1, 0.15) is 26.2 Å². The van der Waals surface area contributed by atoms with Gasteiger partial charge in [0.15, 0.2) is 0 Å². The molecule has 0 radical (unpaired) electrons. The number of carbonyl (C=O) groups is 1. The van der Waals surface area contributed by atoms with E-state index in [9.17, 15) is 4.79 Å². The molecule has 0 saturated carbocycles. The minimum atomic E-state index is -0.185. The van der Waals surface area contributed by atoms with Crippen LogP contribution in [0.5, 0.6) is 0 Å². The first kappa shape index (κ1) is 16.8.